The fourth-order valence-corrected chi connectivity index (χ4v) is 2.31. The van der Waals surface area contributed by atoms with Crippen molar-refractivity contribution in [2.24, 2.45) is 5.92 Å². The molecule has 0 bridgehead atoms. The Morgan fingerprint density at radius 1 is 1.19 bits per heavy atom. The van der Waals surface area contributed by atoms with Gasteiger partial charge in [-0.1, -0.05) is 44.3 Å². The van der Waals surface area contributed by atoms with Crippen LogP contribution in [0.15, 0.2) is 12.2 Å². The molecular weight excluding hydrogens is 196 g/mol. The number of aliphatic hydroxyl groups is 1. The van der Waals surface area contributed by atoms with Crippen LogP contribution in [0.2, 0.25) is 0 Å². The third kappa shape index (κ3) is 5.37. The zero-order valence-electron chi connectivity index (χ0n) is 10.2. The molecule has 0 unspecified atom stereocenters. The monoisotopic (exact) mass is 220 g/mol. The number of rotatable bonds is 2. The Balaban J connectivity index is 2.46. The third-order valence-electron chi connectivity index (χ3n) is 3.36. The lowest BCUT2D eigenvalue weighted by Gasteiger charge is -2.17. The van der Waals surface area contributed by atoms with Crippen LogP contribution in [0.1, 0.15) is 57.8 Å². The molecule has 0 saturated carbocycles. The summed E-state index contributed by atoms with van der Waals surface area (Å²) in [6, 6.07) is 0. The van der Waals surface area contributed by atoms with Crippen molar-refractivity contribution in [3.8, 4) is 12.3 Å². The second kappa shape index (κ2) is 8.42. The number of aliphatic hydroxyl groups excluding tert-OH is 1. The van der Waals surface area contributed by atoms with E-state index in [1.54, 1.807) is 0 Å². The molecular formula is C15H24O. The third-order valence-corrected chi connectivity index (χ3v) is 3.36. The summed E-state index contributed by atoms with van der Waals surface area (Å²) in [4.78, 5) is 0. The van der Waals surface area contributed by atoms with E-state index in [0.717, 1.165) is 12.8 Å². The van der Waals surface area contributed by atoms with Gasteiger partial charge in [-0.05, 0) is 19.3 Å². The molecule has 1 rings (SSSR count). The van der Waals surface area contributed by atoms with Gasteiger partial charge >= 0.3 is 0 Å². The number of hydrogen-bond acceptors (Lipinski definition) is 1. The molecule has 0 aromatic heterocycles. The van der Waals surface area contributed by atoms with Crippen molar-refractivity contribution in [1.29, 1.82) is 0 Å². The highest BCUT2D eigenvalue weighted by atomic mass is 16.3. The molecule has 0 aromatic carbocycles. The Morgan fingerprint density at radius 2 is 1.88 bits per heavy atom. The molecule has 1 N–H and O–H groups in total. The number of hydrogen-bond donors (Lipinski definition) is 1. The second-order valence-corrected chi connectivity index (χ2v) is 4.77. The van der Waals surface area contributed by atoms with E-state index in [0.29, 0.717) is 6.42 Å². The lowest BCUT2D eigenvalue weighted by molar-refractivity contribution is 0.129. The van der Waals surface area contributed by atoms with E-state index >= 15 is 0 Å². The van der Waals surface area contributed by atoms with Crippen LogP contribution in [0.25, 0.3) is 0 Å². The Hall–Kier alpha value is -0.740. The van der Waals surface area contributed by atoms with Gasteiger partial charge in [-0.25, -0.2) is 0 Å². The fraction of sp³-hybridized carbons (Fsp3) is 0.733. The van der Waals surface area contributed by atoms with Gasteiger partial charge in [0.25, 0.3) is 0 Å². The van der Waals surface area contributed by atoms with Gasteiger partial charge < -0.3 is 5.11 Å². The molecule has 1 aliphatic rings. The summed E-state index contributed by atoms with van der Waals surface area (Å²) in [5.74, 6) is 2.83. The first-order chi connectivity index (χ1) is 7.84. The SMILES string of the molecule is C#CC[C@H](O)[C@H]1/C=C/CCCCCCCC1. The fourth-order valence-electron chi connectivity index (χ4n) is 2.31. The lowest BCUT2D eigenvalue weighted by atomic mass is 9.93. The summed E-state index contributed by atoms with van der Waals surface area (Å²) < 4.78 is 0. The van der Waals surface area contributed by atoms with Crippen LogP contribution in [0.3, 0.4) is 0 Å². The lowest BCUT2D eigenvalue weighted by Crippen LogP contribution is -2.18. The van der Waals surface area contributed by atoms with Crippen molar-refractivity contribution in [2.75, 3.05) is 0 Å². The molecule has 1 nitrogen and oxygen atoms in total. The van der Waals surface area contributed by atoms with Gasteiger partial charge in [0, 0.05) is 12.3 Å². The number of allylic oxidation sites excluding steroid dienone is 1. The Morgan fingerprint density at radius 3 is 2.62 bits per heavy atom. The predicted octanol–water partition coefficient (Wildman–Crippen LogP) is 3.68. The molecule has 0 aromatic rings. The highest BCUT2D eigenvalue weighted by Crippen LogP contribution is 2.20. The van der Waals surface area contributed by atoms with Gasteiger partial charge in [-0.15, -0.1) is 12.3 Å². The van der Waals surface area contributed by atoms with Gasteiger partial charge in [0.15, 0.2) is 0 Å². The van der Waals surface area contributed by atoms with E-state index in [1.165, 1.54) is 38.5 Å². The van der Waals surface area contributed by atoms with Crippen LogP contribution in [0.5, 0.6) is 0 Å². The highest BCUT2D eigenvalue weighted by molar-refractivity contribution is 4.97. The maximum Gasteiger partial charge on any atom is 0.0711 e. The molecule has 0 fully saturated rings. The molecule has 90 valence electrons. The van der Waals surface area contributed by atoms with Crippen LogP contribution in [0, 0.1) is 18.3 Å². The number of terminal acetylenes is 1. The van der Waals surface area contributed by atoms with E-state index < -0.39 is 0 Å². The maximum absolute atomic E-state index is 9.93. The van der Waals surface area contributed by atoms with Crippen molar-refractivity contribution in [3.05, 3.63) is 12.2 Å². The molecule has 0 aliphatic heterocycles. The molecule has 0 heterocycles. The van der Waals surface area contributed by atoms with E-state index in [2.05, 4.69) is 18.1 Å². The zero-order chi connectivity index (χ0) is 11.6. The molecule has 16 heavy (non-hydrogen) atoms. The van der Waals surface area contributed by atoms with E-state index in [-0.39, 0.29) is 12.0 Å². The largest absolute Gasteiger partial charge is 0.392 e. The molecule has 0 radical (unpaired) electrons. The zero-order valence-corrected chi connectivity index (χ0v) is 10.2. The van der Waals surface area contributed by atoms with Gasteiger partial charge in [-0.2, -0.15) is 0 Å². The van der Waals surface area contributed by atoms with Crippen LogP contribution in [0.4, 0.5) is 0 Å². The molecule has 1 heteroatoms. The maximum atomic E-state index is 9.93. The van der Waals surface area contributed by atoms with Crippen molar-refractivity contribution >= 4 is 0 Å². The molecule has 2 atom stereocenters. The summed E-state index contributed by atoms with van der Waals surface area (Å²) in [7, 11) is 0. The minimum absolute atomic E-state index is 0.272. The minimum atomic E-state index is -0.345. The predicted molar refractivity (Wildman–Crippen MR) is 69.0 cm³/mol. The first-order valence-corrected chi connectivity index (χ1v) is 6.63. The van der Waals surface area contributed by atoms with Gasteiger partial charge in [0.05, 0.1) is 6.10 Å². The van der Waals surface area contributed by atoms with E-state index in [4.69, 9.17) is 6.42 Å². The first-order valence-electron chi connectivity index (χ1n) is 6.63. The normalized spacial score (nSPS) is 27.4. The topological polar surface area (TPSA) is 20.2 Å². The smallest absolute Gasteiger partial charge is 0.0711 e. The van der Waals surface area contributed by atoms with Crippen molar-refractivity contribution in [3.63, 3.8) is 0 Å². The molecule has 1 aliphatic carbocycles. The average Bonchev–Trinajstić information content (AvgIpc) is 2.34. The summed E-state index contributed by atoms with van der Waals surface area (Å²) in [6.07, 6.45) is 19.9. The van der Waals surface area contributed by atoms with Crippen LogP contribution < -0.4 is 0 Å². The van der Waals surface area contributed by atoms with Crippen molar-refractivity contribution < 1.29 is 5.11 Å². The average molecular weight is 220 g/mol. The summed E-state index contributed by atoms with van der Waals surface area (Å²) in [5.41, 5.74) is 0. The van der Waals surface area contributed by atoms with Gasteiger partial charge in [-0.3, -0.25) is 0 Å². The summed E-state index contributed by atoms with van der Waals surface area (Å²) in [5, 5.41) is 9.93. The quantitative estimate of drug-likeness (QED) is 0.556. The van der Waals surface area contributed by atoms with Crippen molar-refractivity contribution in [2.45, 2.75) is 63.9 Å². The van der Waals surface area contributed by atoms with E-state index in [9.17, 15) is 5.11 Å². The van der Waals surface area contributed by atoms with Gasteiger partial charge in [0.1, 0.15) is 0 Å². The minimum Gasteiger partial charge on any atom is -0.392 e. The van der Waals surface area contributed by atoms with Crippen LogP contribution >= 0.6 is 0 Å². The Bertz CT molecular complexity index is 236. The highest BCUT2D eigenvalue weighted by Gasteiger charge is 2.15. The second-order valence-electron chi connectivity index (χ2n) is 4.77. The Kier molecular flexibility index (Phi) is 7.01. The molecule has 0 saturated heterocycles. The molecule has 0 amide bonds. The summed E-state index contributed by atoms with van der Waals surface area (Å²) in [6.45, 7) is 0. The van der Waals surface area contributed by atoms with Crippen LogP contribution in [-0.4, -0.2) is 11.2 Å². The van der Waals surface area contributed by atoms with Gasteiger partial charge in [0.2, 0.25) is 0 Å². The molecule has 0 spiro atoms. The first kappa shape index (κ1) is 13.3. The van der Waals surface area contributed by atoms with Crippen LogP contribution in [-0.2, 0) is 0 Å². The van der Waals surface area contributed by atoms with Crippen molar-refractivity contribution in [1.82, 2.24) is 0 Å². The summed E-state index contributed by atoms with van der Waals surface area (Å²) >= 11 is 0. The van der Waals surface area contributed by atoms with E-state index in [1.807, 2.05) is 0 Å². The standard InChI is InChI=1S/C15H24O/c1-2-11-15(16)14-12-9-7-5-3-4-6-8-10-13-14/h1,9,12,14-16H,3-8,10-11,13H2/b12-9+/t14-,15-/m0/s1. The Labute approximate surface area is 99.9 Å².